The molecular weight excluding hydrogens is 510 g/mol. The molecule has 0 unspecified atom stereocenters. The molecule has 0 aliphatic rings. The van der Waals surface area contributed by atoms with E-state index in [0.29, 0.717) is 5.69 Å². The van der Waals surface area contributed by atoms with Crippen molar-refractivity contribution in [3.05, 3.63) is 95.1 Å². The molecule has 0 saturated carbocycles. The van der Waals surface area contributed by atoms with Gasteiger partial charge in [-0.2, -0.15) is 0 Å². The van der Waals surface area contributed by atoms with Crippen molar-refractivity contribution in [2.75, 3.05) is 10.8 Å². The molecule has 0 bridgehead atoms. The van der Waals surface area contributed by atoms with E-state index in [1.165, 1.54) is 4.90 Å². The first-order valence-corrected chi connectivity index (χ1v) is 14.7. The van der Waals surface area contributed by atoms with Gasteiger partial charge in [-0.3, -0.25) is 13.9 Å². The van der Waals surface area contributed by atoms with E-state index in [0.717, 1.165) is 33.0 Å². The lowest BCUT2D eigenvalue weighted by atomic mass is 10.1. The van der Waals surface area contributed by atoms with Crippen LogP contribution in [0.25, 0.3) is 0 Å². The van der Waals surface area contributed by atoms with Crippen LogP contribution in [0.3, 0.4) is 0 Å². The van der Waals surface area contributed by atoms with E-state index in [4.69, 9.17) is 0 Å². The molecule has 0 saturated heterocycles. The lowest BCUT2D eigenvalue weighted by Crippen LogP contribution is -2.52. The van der Waals surface area contributed by atoms with Crippen molar-refractivity contribution in [1.29, 1.82) is 0 Å². The average molecular weight is 550 g/mol. The second kappa shape index (κ2) is 12.9. The molecule has 0 aromatic heterocycles. The molecule has 3 rings (SSSR count). The molecular formula is C31H39N3O4S. The van der Waals surface area contributed by atoms with Crippen molar-refractivity contribution in [2.45, 2.75) is 71.5 Å². The minimum Gasteiger partial charge on any atom is -0.352 e. The van der Waals surface area contributed by atoms with Crippen LogP contribution in [-0.2, 0) is 26.2 Å². The fraction of sp³-hybridized carbons (Fsp3) is 0.355. The van der Waals surface area contributed by atoms with Crippen molar-refractivity contribution in [3.63, 3.8) is 0 Å². The molecule has 0 heterocycles. The van der Waals surface area contributed by atoms with Gasteiger partial charge >= 0.3 is 0 Å². The van der Waals surface area contributed by atoms with Crippen LogP contribution in [0.2, 0.25) is 0 Å². The first kappa shape index (κ1) is 29.9. The molecule has 0 aliphatic carbocycles. The van der Waals surface area contributed by atoms with Gasteiger partial charge in [0.1, 0.15) is 12.6 Å². The number of benzene rings is 3. The van der Waals surface area contributed by atoms with Gasteiger partial charge in [-0.15, -0.1) is 0 Å². The van der Waals surface area contributed by atoms with Gasteiger partial charge in [0.15, 0.2) is 0 Å². The molecule has 208 valence electrons. The smallest absolute Gasteiger partial charge is 0.264 e. The highest BCUT2D eigenvalue weighted by Gasteiger charge is 2.32. The number of rotatable bonds is 11. The Bertz CT molecular complexity index is 1370. The Morgan fingerprint density at radius 3 is 1.79 bits per heavy atom. The van der Waals surface area contributed by atoms with Gasteiger partial charge in [0.25, 0.3) is 10.0 Å². The Kier molecular flexibility index (Phi) is 9.92. The Morgan fingerprint density at radius 2 is 1.28 bits per heavy atom. The summed E-state index contributed by atoms with van der Waals surface area (Å²) in [5.74, 6) is -0.758. The van der Waals surface area contributed by atoms with Crippen molar-refractivity contribution < 1.29 is 18.0 Å². The van der Waals surface area contributed by atoms with E-state index in [-0.39, 0.29) is 23.4 Å². The molecule has 0 aliphatic heterocycles. The summed E-state index contributed by atoms with van der Waals surface area (Å²) in [5, 5.41) is 2.95. The topological polar surface area (TPSA) is 86.8 Å². The predicted molar refractivity (Wildman–Crippen MR) is 156 cm³/mol. The Hall–Kier alpha value is -3.65. The monoisotopic (exact) mass is 549 g/mol. The van der Waals surface area contributed by atoms with Gasteiger partial charge in [0, 0.05) is 12.6 Å². The molecule has 2 amide bonds. The Balaban J connectivity index is 2.01. The highest BCUT2D eigenvalue weighted by molar-refractivity contribution is 7.92. The van der Waals surface area contributed by atoms with Gasteiger partial charge in [-0.25, -0.2) is 8.42 Å². The predicted octanol–water partition coefficient (Wildman–Crippen LogP) is 5.14. The first-order chi connectivity index (χ1) is 18.4. The highest BCUT2D eigenvalue weighted by atomic mass is 32.2. The molecule has 39 heavy (non-hydrogen) atoms. The maximum absolute atomic E-state index is 13.9. The van der Waals surface area contributed by atoms with Crippen LogP contribution in [0.4, 0.5) is 5.69 Å². The summed E-state index contributed by atoms with van der Waals surface area (Å²) in [6.07, 6.45) is 0.750. The van der Waals surface area contributed by atoms with Crippen LogP contribution in [0.5, 0.6) is 0 Å². The van der Waals surface area contributed by atoms with Gasteiger partial charge in [0.05, 0.1) is 10.6 Å². The van der Waals surface area contributed by atoms with Crippen molar-refractivity contribution in [2.24, 2.45) is 0 Å². The Morgan fingerprint density at radius 1 is 0.795 bits per heavy atom. The van der Waals surface area contributed by atoms with Crippen LogP contribution in [0.1, 0.15) is 49.4 Å². The van der Waals surface area contributed by atoms with E-state index in [9.17, 15) is 18.0 Å². The van der Waals surface area contributed by atoms with Gasteiger partial charge in [0.2, 0.25) is 11.8 Å². The number of nitrogens with zero attached hydrogens (tertiary/aromatic N) is 2. The summed E-state index contributed by atoms with van der Waals surface area (Å²) < 4.78 is 28.8. The lowest BCUT2D eigenvalue weighted by molar-refractivity contribution is -0.139. The van der Waals surface area contributed by atoms with Gasteiger partial charge in [-0.05, 0) is 70.9 Å². The zero-order valence-electron chi connectivity index (χ0n) is 23.6. The van der Waals surface area contributed by atoms with Crippen LogP contribution in [0, 0.1) is 20.8 Å². The zero-order valence-corrected chi connectivity index (χ0v) is 24.5. The van der Waals surface area contributed by atoms with Gasteiger partial charge in [-0.1, -0.05) is 72.1 Å². The number of aryl methyl sites for hydroxylation is 3. The van der Waals surface area contributed by atoms with Crippen LogP contribution in [0.15, 0.2) is 77.7 Å². The fourth-order valence-corrected chi connectivity index (χ4v) is 5.43. The summed E-state index contributed by atoms with van der Waals surface area (Å²) in [6.45, 7) is 11.0. The number of hydrogen-bond acceptors (Lipinski definition) is 4. The molecule has 0 radical (unpaired) electrons. The first-order valence-electron chi connectivity index (χ1n) is 13.2. The third-order valence-corrected chi connectivity index (χ3v) is 8.64. The number of anilines is 1. The molecule has 8 heteroatoms. The number of sulfonamides is 1. The van der Waals surface area contributed by atoms with Crippen LogP contribution >= 0.6 is 0 Å². The molecule has 2 atom stereocenters. The van der Waals surface area contributed by atoms with E-state index in [2.05, 4.69) is 5.32 Å². The minimum absolute atomic E-state index is 0.0535. The fourth-order valence-electron chi connectivity index (χ4n) is 4.02. The third-order valence-electron chi connectivity index (χ3n) is 6.85. The van der Waals surface area contributed by atoms with Crippen molar-refractivity contribution >= 4 is 27.5 Å². The normalized spacial score (nSPS) is 12.9. The van der Waals surface area contributed by atoms with E-state index < -0.39 is 28.5 Å². The van der Waals surface area contributed by atoms with E-state index in [1.807, 2.05) is 71.0 Å². The summed E-state index contributed by atoms with van der Waals surface area (Å²) in [7, 11) is -4.07. The van der Waals surface area contributed by atoms with Crippen molar-refractivity contribution in [3.8, 4) is 0 Å². The lowest BCUT2D eigenvalue weighted by Gasteiger charge is -2.32. The summed E-state index contributed by atoms with van der Waals surface area (Å²) >= 11 is 0. The summed E-state index contributed by atoms with van der Waals surface area (Å²) in [6, 6.07) is 20.4. The number of nitrogens with one attached hydrogen (secondary N) is 1. The highest BCUT2D eigenvalue weighted by Crippen LogP contribution is 2.25. The minimum atomic E-state index is -4.07. The number of hydrogen-bond donors (Lipinski definition) is 1. The average Bonchev–Trinajstić information content (AvgIpc) is 2.91. The standard InChI is InChI=1S/C31H39N3O4S/c1-7-25(5)32-31(36)26(6)33(20-27-14-8-22(2)9-15-27)30(35)21-34(28-16-10-23(3)11-17-28)39(37,38)29-18-12-24(4)13-19-29/h8-19,25-26H,7,20-21H2,1-6H3,(H,32,36)/t25-,26+/m1/s1. The third kappa shape index (κ3) is 7.69. The second-order valence-electron chi connectivity index (χ2n) is 10.2. The summed E-state index contributed by atoms with van der Waals surface area (Å²) in [5.41, 5.74) is 4.20. The molecule has 1 N–H and O–H groups in total. The van der Waals surface area contributed by atoms with E-state index >= 15 is 0 Å². The van der Waals surface area contributed by atoms with E-state index in [1.54, 1.807) is 43.3 Å². The maximum Gasteiger partial charge on any atom is 0.264 e. The molecule has 3 aromatic rings. The SMILES string of the molecule is CC[C@@H](C)NC(=O)[C@H](C)N(Cc1ccc(C)cc1)C(=O)CN(c1ccc(C)cc1)S(=O)(=O)c1ccc(C)cc1. The quantitative estimate of drug-likeness (QED) is 0.359. The maximum atomic E-state index is 13.9. The van der Waals surface area contributed by atoms with Gasteiger partial charge < -0.3 is 10.2 Å². The molecule has 7 nitrogen and oxygen atoms in total. The molecule has 0 fully saturated rings. The molecule has 0 spiro atoms. The molecule has 3 aromatic carbocycles. The number of amides is 2. The van der Waals surface area contributed by atoms with Crippen molar-refractivity contribution in [1.82, 2.24) is 10.2 Å². The van der Waals surface area contributed by atoms with Crippen LogP contribution < -0.4 is 9.62 Å². The largest absolute Gasteiger partial charge is 0.352 e. The summed E-state index contributed by atoms with van der Waals surface area (Å²) in [4.78, 5) is 28.6. The number of carbonyl (C=O) groups excluding carboxylic acids is 2. The Labute approximate surface area is 232 Å². The zero-order chi connectivity index (χ0) is 28.7. The van der Waals surface area contributed by atoms with Crippen LogP contribution in [-0.4, -0.2) is 43.8 Å². The number of carbonyl (C=O) groups is 2. The second-order valence-corrected chi connectivity index (χ2v) is 12.0.